The summed E-state index contributed by atoms with van der Waals surface area (Å²) in [6.45, 7) is 1.86. The summed E-state index contributed by atoms with van der Waals surface area (Å²) in [5.41, 5.74) is 6.43. The fourth-order valence-corrected chi connectivity index (χ4v) is 2.45. The Bertz CT molecular complexity index is 409. The van der Waals surface area contributed by atoms with Crippen molar-refractivity contribution in [2.45, 2.75) is 38.1 Å². The van der Waals surface area contributed by atoms with E-state index in [1.54, 1.807) is 19.1 Å². The smallest absolute Gasteiger partial charge is 0.326 e. The summed E-state index contributed by atoms with van der Waals surface area (Å²) in [5.74, 6) is 0. The summed E-state index contributed by atoms with van der Waals surface area (Å²) < 4.78 is 40.0. The second kappa shape index (κ2) is 6.72. The number of hydrogen-bond acceptors (Lipinski definition) is 2. The van der Waals surface area contributed by atoms with Crippen LogP contribution in [-0.2, 0) is 6.54 Å². The summed E-state index contributed by atoms with van der Waals surface area (Å²) in [7, 11) is 1.45. The molecule has 0 bridgehead atoms. The average Bonchev–Trinajstić information content (AvgIpc) is 2.30. The Morgan fingerprint density at radius 1 is 1.32 bits per heavy atom. The third-order valence-electron chi connectivity index (χ3n) is 3.06. The molecule has 2 N–H and O–H groups in total. The molecule has 2 unspecified atom stereocenters. The minimum atomic E-state index is -4.33. The van der Waals surface area contributed by atoms with Crippen LogP contribution in [0.3, 0.4) is 0 Å². The topological polar surface area (TPSA) is 29.3 Å². The number of rotatable bonds is 5. The van der Waals surface area contributed by atoms with Crippen LogP contribution in [0.2, 0.25) is 0 Å². The van der Waals surface area contributed by atoms with Gasteiger partial charge in [0.05, 0.1) is 0 Å². The maximum absolute atomic E-state index is 13.1. The Kier molecular flexibility index (Phi) is 5.82. The molecule has 1 aromatic carbocycles. The van der Waals surface area contributed by atoms with Gasteiger partial charge in [-0.1, -0.05) is 41.1 Å². The van der Waals surface area contributed by atoms with Crippen molar-refractivity contribution in [1.29, 1.82) is 0 Å². The van der Waals surface area contributed by atoms with E-state index >= 15 is 0 Å². The molecule has 0 aliphatic heterocycles. The lowest BCUT2D eigenvalue weighted by Crippen LogP contribution is -2.54. The number of hydrogen-bond donors (Lipinski definition) is 1. The molecule has 2 atom stereocenters. The van der Waals surface area contributed by atoms with E-state index < -0.39 is 18.3 Å². The SMILES string of the molecule is CCC(N)C(N(C)Cc1ccccc1Br)C(F)(F)F. The first-order valence-corrected chi connectivity index (χ1v) is 6.82. The number of likely N-dealkylation sites (N-methyl/N-ethyl adjacent to an activating group) is 1. The zero-order valence-electron chi connectivity index (χ0n) is 10.9. The maximum Gasteiger partial charge on any atom is 0.405 e. The lowest BCUT2D eigenvalue weighted by Gasteiger charge is -2.34. The standard InChI is InChI=1S/C13H18BrF3N2/c1-3-11(18)12(13(15,16)17)19(2)8-9-6-4-5-7-10(9)14/h4-7,11-12H,3,8,18H2,1-2H3. The molecule has 108 valence electrons. The molecule has 0 amide bonds. The van der Waals surface area contributed by atoms with E-state index in [9.17, 15) is 13.2 Å². The Hall–Kier alpha value is -0.590. The molecule has 0 radical (unpaired) electrons. The largest absolute Gasteiger partial charge is 0.405 e. The van der Waals surface area contributed by atoms with Crippen molar-refractivity contribution in [2.24, 2.45) is 5.73 Å². The lowest BCUT2D eigenvalue weighted by molar-refractivity contribution is -0.187. The average molecular weight is 339 g/mol. The van der Waals surface area contributed by atoms with Crippen molar-refractivity contribution in [3.05, 3.63) is 34.3 Å². The zero-order chi connectivity index (χ0) is 14.6. The third-order valence-corrected chi connectivity index (χ3v) is 3.84. The molecule has 0 aliphatic rings. The van der Waals surface area contributed by atoms with Gasteiger partial charge in [0.15, 0.2) is 0 Å². The van der Waals surface area contributed by atoms with E-state index in [1.807, 2.05) is 12.1 Å². The van der Waals surface area contributed by atoms with E-state index in [0.717, 1.165) is 10.0 Å². The van der Waals surface area contributed by atoms with Crippen LogP contribution in [0, 0.1) is 0 Å². The lowest BCUT2D eigenvalue weighted by atomic mass is 10.0. The van der Waals surface area contributed by atoms with Crippen LogP contribution >= 0.6 is 15.9 Å². The molecule has 1 aromatic rings. The maximum atomic E-state index is 13.1. The number of nitrogens with zero attached hydrogens (tertiary/aromatic N) is 1. The highest BCUT2D eigenvalue weighted by molar-refractivity contribution is 9.10. The molecule has 0 saturated carbocycles. The monoisotopic (exact) mass is 338 g/mol. The van der Waals surface area contributed by atoms with E-state index in [1.165, 1.54) is 11.9 Å². The molecular formula is C13H18BrF3N2. The minimum Gasteiger partial charge on any atom is -0.326 e. The van der Waals surface area contributed by atoms with Crippen LogP contribution in [0.5, 0.6) is 0 Å². The molecule has 0 saturated heterocycles. The van der Waals surface area contributed by atoms with E-state index in [-0.39, 0.29) is 13.0 Å². The van der Waals surface area contributed by atoms with Gasteiger partial charge >= 0.3 is 6.18 Å². The minimum absolute atomic E-state index is 0.194. The number of halogens is 4. The molecule has 0 spiro atoms. The summed E-state index contributed by atoms with van der Waals surface area (Å²) in [5, 5.41) is 0. The molecular weight excluding hydrogens is 321 g/mol. The van der Waals surface area contributed by atoms with Gasteiger partial charge in [0.1, 0.15) is 6.04 Å². The molecule has 0 heterocycles. The van der Waals surface area contributed by atoms with Gasteiger partial charge in [-0.3, -0.25) is 4.90 Å². The molecule has 0 aromatic heterocycles. The number of benzene rings is 1. The summed E-state index contributed by atoms with van der Waals surface area (Å²) in [6.07, 6.45) is -4.05. The second-order valence-corrected chi connectivity index (χ2v) is 5.42. The molecule has 1 rings (SSSR count). The highest BCUT2D eigenvalue weighted by atomic mass is 79.9. The molecule has 0 aliphatic carbocycles. The van der Waals surface area contributed by atoms with Crippen LogP contribution in [0.4, 0.5) is 13.2 Å². The second-order valence-electron chi connectivity index (χ2n) is 4.57. The molecule has 19 heavy (non-hydrogen) atoms. The van der Waals surface area contributed by atoms with Crippen molar-refractivity contribution in [2.75, 3.05) is 7.05 Å². The Balaban J connectivity index is 2.89. The van der Waals surface area contributed by atoms with Gasteiger partial charge in [0, 0.05) is 17.1 Å². The zero-order valence-corrected chi connectivity index (χ0v) is 12.5. The first-order valence-electron chi connectivity index (χ1n) is 6.03. The van der Waals surface area contributed by atoms with Crippen molar-refractivity contribution >= 4 is 15.9 Å². The predicted octanol–water partition coefficient (Wildman–Crippen LogP) is 3.55. The Morgan fingerprint density at radius 2 is 1.89 bits per heavy atom. The number of nitrogens with two attached hydrogens (primary N) is 1. The van der Waals surface area contributed by atoms with Crippen LogP contribution in [-0.4, -0.2) is 30.2 Å². The Morgan fingerprint density at radius 3 is 2.37 bits per heavy atom. The van der Waals surface area contributed by atoms with E-state index in [4.69, 9.17) is 5.73 Å². The highest BCUT2D eigenvalue weighted by Gasteiger charge is 2.45. The first kappa shape index (κ1) is 16.5. The van der Waals surface area contributed by atoms with Gasteiger partial charge in [0.25, 0.3) is 0 Å². The van der Waals surface area contributed by atoms with Gasteiger partial charge in [-0.15, -0.1) is 0 Å². The quantitative estimate of drug-likeness (QED) is 0.889. The van der Waals surface area contributed by atoms with E-state index in [0.29, 0.717) is 0 Å². The normalized spacial score (nSPS) is 15.6. The molecule has 2 nitrogen and oxygen atoms in total. The van der Waals surface area contributed by atoms with Gasteiger partial charge in [-0.2, -0.15) is 13.2 Å². The summed E-state index contributed by atoms with van der Waals surface area (Å²) >= 11 is 3.34. The van der Waals surface area contributed by atoms with Gasteiger partial charge in [-0.05, 0) is 25.1 Å². The van der Waals surface area contributed by atoms with Crippen LogP contribution in [0.15, 0.2) is 28.7 Å². The fourth-order valence-electron chi connectivity index (χ4n) is 2.04. The predicted molar refractivity (Wildman–Crippen MR) is 73.7 cm³/mol. The summed E-state index contributed by atoms with van der Waals surface area (Å²) in [6, 6.07) is 4.68. The van der Waals surface area contributed by atoms with Crippen molar-refractivity contribution in [3.63, 3.8) is 0 Å². The van der Waals surface area contributed by atoms with Crippen LogP contribution < -0.4 is 5.73 Å². The van der Waals surface area contributed by atoms with Crippen LogP contribution in [0.1, 0.15) is 18.9 Å². The van der Waals surface area contributed by atoms with Gasteiger partial charge < -0.3 is 5.73 Å². The van der Waals surface area contributed by atoms with Crippen molar-refractivity contribution in [1.82, 2.24) is 4.90 Å². The van der Waals surface area contributed by atoms with Gasteiger partial charge in [-0.25, -0.2) is 0 Å². The molecule has 6 heteroatoms. The summed E-state index contributed by atoms with van der Waals surface area (Å²) in [4.78, 5) is 1.26. The first-order chi connectivity index (χ1) is 8.77. The van der Waals surface area contributed by atoms with Crippen LogP contribution in [0.25, 0.3) is 0 Å². The van der Waals surface area contributed by atoms with E-state index in [2.05, 4.69) is 15.9 Å². The Labute approximate surface area is 119 Å². The number of alkyl halides is 3. The third kappa shape index (κ3) is 4.47. The van der Waals surface area contributed by atoms with Crippen molar-refractivity contribution in [3.8, 4) is 0 Å². The van der Waals surface area contributed by atoms with Gasteiger partial charge in [0.2, 0.25) is 0 Å². The highest BCUT2D eigenvalue weighted by Crippen LogP contribution is 2.29. The molecule has 0 fully saturated rings. The van der Waals surface area contributed by atoms with Crippen molar-refractivity contribution < 1.29 is 13.2 Å². The fraction of sp³-hybridized carbons (Fsp3) is 0.538.